The lowest BCUT2D eigenvalue weighted by molar-refractivity contribution is 0.0681. The van der Waals surface area contributed by atoms with Crippen molar-refractivity contribution in [1.29, 1.82) is 0 Å². The Morgan fingerprint density at radius 1 is 0.773 bits per heavy atom. The number of carboxylic acids is 2. The van der Waals surface area contributed by atoms with Crippen LogP contribution in [0.5, 0.6) is 0 Å². The van der Waals surface area contributed by atoms with E-state index >= 15 is 0 Å². The van der Waals surface area contributed by atoms with Crippen LogP contribution in [0.3, 0.4) is 0 Å². The van der Waals surface area contributed by atoms with Crippen molar-refractivity contribution in [1.82, 2.24) is 0 Å². The van der Waals surface area contributed by atoms with Crippen molar-refractivity contribution >= 4 is 33.5 Å². The summed E-state index contributed by atoms with van der Waals surface area (Å²) >= 11 is 0. The minimum atomic E-state index is -1.32. The zero-order valence-corrected chi connectivity index (χ0v) is 12.4. The Labute approximate surface area is 131 Å². The molecular weight excluding hydrogens is 334 g/mol. The van der Waals surface area contributed by atoms with E-state index in [0.717, 1.165) is 12.1 Å². The Balaban J connectivity index is 2.36. The maximum Gasteiger partial charge on any atom is 0.336 e. The lowest BCUT2D eigenvalue weighted by atomic mass is 10.2. The molecule has 0 unspecified atom stereocenters. The quantitative estimate of drug-likeness (QED) is 0.795. The third-order valence-electron chi connectivity index (χ3n) is 2.60. The standard InChI is InChI=1S/C14H8F2O4S2/c15-9-5-1-3-7(13(17)18)11(9)21-22-12-8(14(19)20)4-2-6-10(12)16/h1-6H,(H,17,18)(H,19,20). The zero-order chi connectivity index (χ0) is 16.3. The molecule has 114 valence electrons. The molecule has 0 fully saturated rings. The van der Waals surface area contributed by atoms with E-state index < -0.39 is 23.6 Å². The molecule has 0 heterocycles. The third kappa shape index (κ3) is 3.40. The summed E-state index contributed by atoms with van der Waals surface area (Å²) in [7, 11) is 1.32. The van der Waals surface area contributed by atoms with Crippen molar-refractivity contribution < 1.29 is 28.6 Å². The van der Waals surface area contributed by atoms with Gasteiger partial charge in [-0.3, -0.25) is 0 Å². The van der Waals surface area contributed by atoms with E-state index in [1.165, 1.54) is 24.3 Å². The molecule has 0 radical (unpaired) electrons. The molecule has 2 N–H and O–H groups in total. The number of hydrogen-bond acceptors (Lipinski definition) is 4. The summed E-state index contributed by atoms with van der Waals surface area (Å²) in [6.07, 6.45) is 0. The van der Waals surface area contributed by atoms with Crippen LogP contribution in [0.25, 0.3) is 0 Å². The highest BCUT2D eigenvalue weighted by atomic mass is 33.1. The van der Waals surface area contributed by atoms with Gasteiger partial charge in [-0.15, -0.1) is 0 Å². The predicted molar refractivity (Wildman–Crippen MR) is 78.4 cm³/mol. The van der Waals surface area contributed by atoms with Crippen molar-refractivity contribution in [2.75, 3.05) is 0 Å². The maximum absolute atomic E-state index is 13.8. The second kappa shape index (κ2) is 6.80. The topological polar surface area (TPSA) is 74.6 Å². The summed E-state index contributed by atoms with van der Waals surface area (Å²) in [6.45, 7) is 0. The molecule has 22 heavy (non-hydrogen) atoms. The van der Waals surface area contributed by atoms with Crippen molar-refractivity contribution in [3.8, 4) is 0 Å². The summed E-state index contributed by atoms with van der Waals surface area (Å²) < 4.78 is 27.5. The van der Waals surface area contributed by atoms with Gasteiger partial charge in [0.15, 0.2) is 0 Å². The Morgan fingerprint density at radius 3 is 1.45 bits per heavy atom. The van der Waals surface area contributed by atoms with Crippen LogP contribution in [-0.4, -0.2) is 22.2 Å². The Hall–Kier alpha value is -2.06. The highest BCUT2D eigenvalue weighted by Gasteiger charge is 2.19. The molecule has 0 aliphatic carbocycles. The minimum absolute atomic E-state index is 0.195. The minimum Gasteiger partial charge on any atom is -0.478 e. The van der Waals surface area contributed by atoms with Crippen LogP contribution in [0.1, 0.15) is 20.7 Å². The number of hydrogen-bond donors (Lipinski definition) is 2. The van der Waals surface area contributed by atoms with Crippen molar-refractivity contribution in [2.45, 2.75) is 9.79 Å². The van der Waals surface area contributed by atoms with E-state index in [-0.39, 0.29) is 20.9 Å². The average molecular weight is 342 g/mol. The second-order valence-corrected chi connectivity index (χ2v) is 6.16. The summed E-state index contributed by atoms with van der Waals surface area (Å²) in [5, 5.41) is 18.1. The van der Waals surface area contributed by atoms with Gasteiger partial charge in [-0.05, 0) is 45.9 Å². The highest BCUT2D eigenvalue weighted by Crippen LogP contribution is 2.42. The summed E-state index contributed by atoms with van der Waals surface area (Å²) in [4.78, 5) is 21.8. The number of aromatic carboxylic acids is 2. The SMILES string of the molecule is O=C(O)c1cccc(F)c1SSc1c(F)cccc1C(=O)O. The largest absolute Gasteiger partial charge is 0.478 e. The molecule has 2 aromatic carbocycles. The average Bonchev–Trinajstić information content (AvgIpc) is 2.46. The lowest BCUT2D eigenvalue weighted by Gasteiger charge is -2.09. The summed E-state index contributed by atoms with van der Waals surface area (Å²) in [5.74, 6) is -4.19. The summed E-state index contributed by atoms with van der Waals surface area (Å²) in [6, 6.07) is 7.09. The van der Waals surface area contributed by atoms with Gasteiger partial charge in [-0.2, -0.15) is 0 Å². The van der Waals surface area contributed by atoms with Crippen LogP contribution >= 0.6 is 21.6 Å². The van der Waals surface area contributed by atoms with Crippen LogP contribution in [0, 0.1) is 11.6 Å². The Kier molecular flexibility index (Phi) is 5.04. The van der Waals surface area contributed by atoms with E-state index in [2.05, 4.69) is 0 Å². The molecule has 0 aliphatic rings. The number of benzene rings is 2. The predicted octanol–water partition coefficient (Wildman–Crippen LogP) is 4.16. The van der Waals surface area contributed by atoms with Gasteiger partial charge < -0.3 is 10.2 Å². The van der Waals surface area contributed by atoms with E-state index in [0.29, 0.717) is 21.6 Å². The van der Waals surface area contributed by atoms with Gasteiger partial charge in [0.25, 0.3) is 0 Å². The fourth-order valence-corrected chi connectivity index (χ4v) is 4.08. The smallest absolute Gasteiger partial charge is 0.336 e. The molecule has 0 saturated heterocycles. The Bertz CT molecular complexity index is 686. The second-order valence-electron chi connectivity index (χ2n) is 4.01. The molecule has 0 aromatic heterocycles. The normalized spacial score (nSPS) is 10.5. The molecular formula is C14H8F2O4S2. The Morgan fingerprint density at radius 2 is 1.14 bits per heavy atom. The summed E-state index contributed by atoms with van der Waals surface area (Å²) in [5.41, 5.74) is -0.545. The van der Waals surface area contributed by atoms with E-state index in [1.54, 1.807) is 0 Å². The molecule has 0 spiro atoms. The van der Waals surface area contributed by atoms with Gasteiger partial charge in [0.1, 0.15) is 11.6 Å². The van der Waals surface area contributed by atoms with Gasteiger partial charge in [-0.25, -0.2) is 18.4 Å². The molecule has 0 saturated carbocycles. The van der Waals surface area contributed by atoms with Crippen LogP contribution in [0.4, 0.5) is 8.78 Å². The van der Waals surface area contributed by atoms with Crippen molar-refractivity contribution in [2.24, 2.45) is 0 Å². The fraction of sp³-hybridized carbons (Fsp3) is 0. The highest BCUT2D eigenvalue weighted by molar-refractivity contribution is 8.76. The van der Waals surface area contributed by atoms with Crippen LogP contribution < -0.4 is 0 Å². The van der Waals surface area contributed by atoms with Crippen LogP contribution in [0.2, 0.25) is 0 Å². The molecule has 0 amide bonds. The number of halogens is 2. The first kappa shape index (κ1) is 16.3. The molecule has 2 rings (SSSR count). The van der Waals surface area contributed by atoms with E-state index in [4.69, 9.17) is 10.2 Å². The van der Waals surface area contributed by atoms with Gasteiger partial charge >= 0.3 is 11.9 Å². The van der Waals surface area contributed by atoms with Crippen LogP contribution in [0.15, 0.2) is 46.2 Å². The molecule has 2 aromatic rings. The van der Waals surface area contributed by atoms with Gasteiger partial charge in [0, 0.05) is 0 Å². The monoisotopic (exact) mass is 342 g/mol. The first-order valence-corrected chi connectivity index (χ1v) is 7.95. The lowest BCUT2D eigenvalue weighted by Crippen LogP contribution is -2.01. The number of carbonyl (C=O) groups is 2. The van der Waals surface area contributed by atoms with E-state index in [9.17, 15) is 18.4 Å². The maximum atomic E-state index is 13.8. The van der Waals surface area contributed by atoms with Gasteiger partial charge in [-0.1, -0.05) is 12.1 Å². The first-order valence-electron chi connectivity index (χ1n) is 5.80. The fourth-order valence-electron chi connectivity index (χ4n) is 1.61. The van der Waals surface area contributed by atoms with E-state index in [1.807, 2.05) is 0 Å². The molecule has 4 nitrogen and oxygen atoms in total. The number of carboxylic acid groups (broad SMARTS) is 2. The first-order chi connectivity index (χ1) is 10.4. The van der Waals surface area contributed by atoms with Crippen molar-refractivity contribution in [3.63, 3.8) is 0 Å². The van der Waals surface area contributed by atoms with Gasteiger partial charge in [0.05, 0.1) is 20.9 Å². The van der Waals surface area contributed by atoms with Crippen molar-refractivity contribution in [3.05, 3.63) is 59.2 Å². The third-order valence-corrected chi connectivity index (χ3v) is 5.10. The molecule has 0 atom stereocenters. The molecule has 0 bridgehead atoms. The van der Waals surface area contributed by atoms with Gasteiger partial charge in [0.2, 0.25) is 0 Å². The molecule has 8 heteroatoms. The molecule has 0 aliphatic heterocycles. The van der Waals surface area contributed by atoms with Crippen LogP contribution in [-0.2, 0) is 0 Å². The zero-order valence-electron chi connectivity index (χ0n) is 10.7. The number of rotatable bonds is 5.